The lowest BCUT2D eigenvalue weighted by Gasteiger charge is -2.36. The predicted molar refractivity (Wildman–Crippen MR) is 96.3 cm³/mol. The number of nitrogens with one attached hydrogen (secondary N) is 1. The molecule has 2 aromatic rings. The number of hydrogen-bond acceptors (Lipinski definition) is 5. The molecule has 0 atom stereocenters. The van der Waals surface area contributed by atoms with Gasteiger partial charge in [0.25, 0.3) is 5.91 Å². The van der Waals surface area contributed by atoms with Gasteiger partial charge in [-0.15, -0.1) is 0 Å². The monoisotopic (exact) mass is 343 g/mol. The summed E-state index contributed by atoms with van der Waals surface area (Å²) in [5.74, 6) is -0.691. The number of hydrogen-bond donors (Lipinski definition) is 2. The minimum absolute atomic E-state index is 0.208. The van der Waals surface area contributed by atoms with E-state index >= 15 is 0 Å². The van der Waals surface area contributed by atoms with Crippen molar-refractivity contribution in [3.8, 4) is 0 Å². The molecule has 1 amide bonds. The number of aromatic nitrogens is 1. The van der Waals surface area contributed by atoms with Crippen LogP contribution in [-0.2, 0) is 0 Å². The van der Waals surface area contributed by atoms with Crippen molar-refractivity contribution in [2.24, 2.45) is 5.73 Å². The van der Waals surface area contributed by atoms with Crippen LogP contribution < -0.4 is 16.0 Å². The number of piperazine rings is 1. The first-order chi connectivity index (χ1) is 12.1. The molecule has 3 rings (SSSR count). The highest BCUT2D eigenvalue weighted by Gasteiger charge is 2.17. The number of carbonyl (C=O) groups excluding carboxylic acids is 1. The van der Waals surface area contributed by atoms with E-state index in [0.29, 0.717) is 11.3 Å². The summed E-state index contributed by atoms with van der Waals surface area (Å²) in [7, 11) is 0. The summed E-state index contributed by atoms with van der Waals surface area (Å²) in [6, 6.07) is 8.39. The van der Waals surface area contributed by atoms with E-state index in [1.165, 1.54) is 18.3 Å². The van der Waals surface area contributed by atoms with Crippen LogP contribution in [-0.4, -0.2) is 55.1 Å². The van der Waals surface area contributed by atoms with Gasteiger partial charge in [-0.05, 0) is 30.3 Å². The molecular weight excluding hydrogens is 321 g/mol. The first-order valence-corrected chi connectivity index (χ1v) is 8.34. The Morgan fingerprint density at radius 2 is 1.88 bits per heavy atom. The summed E-state index contributed by atoms with van der Waals surface area (Å²) in [5, 5.41) is 3.25. The topological polar surface area (TPSA) is 74.5 Å². The average Bonchev–Trinajstić information content (AvgIpc) is 2.63. The summed E-state index contributed by atoms with van der Waals surface area (Å²) in [5.41, 5.74) is 7.53. The highest BCUT2D eigenvalue weighted by atomic mass is 19.1. The average molecular weight is 343 g/mol. The third kappa shape index (κ3) is 4.45. The van der Waals surface area contributed by atoms with E-state index in [1.54, 1.807) is 12.3 Å². The van der Waals surface area contributed by atoms with Crippen LogP contribution in [0.1, 0.15) is 10.4 Å². The first-order valence-electron chi connectivity index (χ1n) is 8.34. The number of primary amides is 1. The number of benzene rings is 1. The Morgan fingerprint density at radius 3 is 2.56 bits per heavy atom. The molecule has 0 spiro atoms. The zero-order chi connectivity index (χ0) is 17.6. The zero-order valence-corrected chi connectivity index (χ0v) is 14.0. The van der Waals surface area contributed by atoms with Gasteiger partial charge in [0, 0.05) is 57.3 Å². The lowest BCUT2D eigenvalue weighted by atomic mass is 10.2. The number of nitrogens with zero attached hydrogens (tertiary/aromatic N) is 3. The number of amides is 1. The summed E-state index contributed by atoms with van der Waals surface area (Å²) in [6.45, 7) is 5.30. The molecule has 0 saturated carbocycles. The summed E-state index contributed by atoms with van der Waals surface area (Å²) >= 11 is 0. The largest absolute Gasteiger partial charge is 0.383 e. The molecule has 3 N–H and O–H groups in total. The quantitative estimate of drug-likeness (QED) is 0.832. The molecule has 2 heterocycles. The van der Waals surface area contributed by atoms with Crippen molar-refractivity contribution in [1.29, 1.82) is 0 Å². The molecule has 1 saturated heterocycles. The molecule has 1 aromatic heterocycles. The Labute approximate surface area is 146 Å². The van der Waals surface area contributed by atoms with Crippen LogP contribution in [0.4, 0.5) is 15.8 Å². The maximum Gasteiger partial charge on any atom is 0.252 e. The fraction of sp³-hybridized carbons (Fsp3) is 0.333. The van der Waals surface area contributed by atoms with Crippen molar-refractivity contribution < 1.29 is 9.18 Å². The van der Waals surface area contributed by atoms with E-state index in [0.717, 1.165) is 45.0 Å². The Hall–Kier alpha value is -2.67. The van der Waals surface area contributed by atoms with E-state index in [4.69, 9.17) is 5.73 Å². The number of carbonyl (C=O) groups is 1. The van der Waals surface area contributed by atoms with Gasteiger partial charge in [0.2, 0.25) is 0 Å². The summed E-state index contributed by atoms with van der Waals surface area (Å²) in [6.07, 6.45) is 3.11. The second-order valence-corrected chi connectivity index (χ2v) is 6.02. The van der Waals surface area contributed by atoms with E-state index in [9.17, 15) is 9.18 Å². The van der Waals surface area contributed by atoms with Crippen LogP contribution in [0.5, 0.6) is 0 Å². The van der Waals surface area contributed by atoms with Crippen LogP contribution in [0.25, 0.3) is 0 Å². The maximum atomic E-state index is 13.0. The minimum atomic E-state index is -0.483. The fourth-order valence-electron chi connectivity index (χ4n) is 2.98. The molecule has 25 heavy (non-hydrogen) atoms. The van der Waals surface area contributed by atoms with Crippen molar-refractivity contribution in [3.05, 3.63) is 54.1 Å². The second-order valence-electron chi connectivity index (χ2n) is 6.02. The van der Waals surface area contributed by atoms with Crippen LogP contribution in [0, 0.1) is 5.82 Å². The molecule has 1 fully saturated rings. The van der Waals surface area contributed by atoms with Crippen LogP contribution >= 0.6 is 0 Å². The normalized spacial score (nSPS) is 15.2. The van der Waals surface area contributed by atoms with E-state index < -0.39 is 5.91 Å². The van der Waals surface area contributed by atoms with Gasteiger partial charge in [0.05, 0.1) is 11.3 Å². The molecule has 0 radical (unpaired) electrons. The van der Waals surface area contributed by atoms with Gasteiger partial charge in [-0.2, -0.15) is 0 Å². The molecule has 6 nitrogen and oxygen atoms in total. The number of nitrogens with two attached hydrogens (primary N) is 1. The van der Waals surface area contributed by atoms with E-state index in [2.05, 4.69) is 20.1 Å². The molecule has 0 unspecified atom stereocenters. The first kappa shape index (κ1) is 17.2. The van der Waals surface area contributed by atoms with E-state index in [-0.39, 0.29) is 5.82 Å². The summed E-state index contributed by atoms with van der Waals surface area (Å²) < 4.78 is 13.0. The third-order valence-corrected chi connectivity index (χ3v) is 4.39. The summed E-state index contributed by atoms with van der Waals surface area (Å²) in [4.78, 5) is 19.9. The van der Waals surface area contributed by atoms with Crippen molar-refractivity contribution in [3.63, 3.8) is 0 Å². The highest BCUT2D eigenvalue weighted by Crippen LogP contribution is 2.17. The number of rotatable bonds is 6. The third-order valence-electron chi connectivity index (χ3n) is 4.39. The predicted octanol–water partition coefficient (Wildman–Crippen LogP) is 1.55. The van der Waals surface area contributed by atoms with Gasteiger partial charge in [-0.1, -0.05) is 0 Å². The Kier molecular flexibility index (Phi) is 5.45. The van der Waals surface area contributed by atoms with E-state index in [1.807, 2.05) is 12.1 Å². The molecule has 1 aromatic carbocycles. The smallest absolute Gasteiger partial charge is 0.252 e. The maximum absolute atomic E-state index is 13.0. The minimum Gasteiger partial charge on any atom is -0.383 e. The van der Waals surface area contributed by atoms with Crippen LogP contribution in [0.3, 0.4) is 0 Å². The van der Waals surface area contributed by atoms with Gasteiger partial charge in [-0.25, -0.2) is 4.39 Å². The fourth-order valence-corrected chi connectivity index (χ4v) is 2.98. The molecule has 7 heteroatoms. The van der Waals surface area contributed by atoms with Crippen LogP contribution in [0.15, 0.2) is 42.7 Å². The van der Waals surface area contributed by atoms with Gasteiger partial charge >= 0.3 is 0 Å². The zero-order valence-electron chi connectivity index (χ0n) is 14.0. The molecule has 0 bridgehead atoms. The lowest BCUT2D eigenvalue weighted by Crippen LogP contribution is -2.47. The number of halogens is 1. The second kappa shape index (κ2) is 7.94. The van der Waals surface area contributed by atoms with Crippen molar-refractivity contribution >= 4 is 17.3 Å². The van der Waals surface area contributed by atoms with Gasteiger partial charge in [-0.3, -0.25) is 14.7 Å². The Morgan fingerprint density at radius 1 is 1.16 bits per heavy atom. The van der Waals surface area contributed by atoms with Crippen molar-refractivity contribution in [2.75, 3.05) is 49.5 Å². The SMILES string of the molecule is NC(=O)c1cnccc1NCCN1CCN(c2ccc(F)cc2)CC1. The lowest BCUT2D eigenvalue weighted by molar-refractivity contribution is 0.100. The number of pyridine rings is 1. The van der Waals surface area contributed by atoms with Crippen LogP contribution in [0.2, 0.25) is 0 Å². The van der Waals surface area contributed by atoms with Gasteiger partial charge in [0.1, 0.15) is 5.82 Å². The van der Waals surface area contributed by atoms with Crippen molar-refractivity contribution in [1.82, 2.24) is 9.88 Å². The standard InChI is InChI=1S/C18H22FN5O/c19-14-1-3-15(4-2-14)24-11-9-23(10-12-24)8-7-22-17-5-6-21-13-16(17)18(20)25/h1-6,13H,7-12H2,(H2,20,25)(H,21,22). The molecule has 1 aliphatic heterocycles. The molecule has 1 aliphatic rings. The molecule has 0 aliphatic carbocycles. The number of anilines is 2. The van der Waals surface area contributed by atoms with Gasteiger partial charge in [0.15, 0.2) is 0 Å². The Balaban J connectivity index is 1.45. The highest BCUT2D eigenvalue weighted by molar-refractivity contribution is 5.98. The molecular formula is C18H22FN5O. The van der Waals surface area contributed by atoms with Crippen molar-refractivity contribution in [2.45, 2.75) is 0 Å². The molecule has 132 valence electrons. The van der Waals surface area contributed by atoms with Gasteiger partial charge < -0.3 is 16.0 Å². The Bertz CT molecular complexity index is 714.